The van der Waals surface area contributed by atoms with E-state index in [2.05, 4.69) is 10.3 Å². The molecule has 1 fully saturated rings. The van der Waals surface area contributed by atoms with Gasteiger partial charge in [0.2, 0.25) is 0 Å². The highest BCUT2D eigenvalue weighted by Gasteiger charge is 2.36. The lowest BCUT2D eigenvalue weighted by Gasteiger charge is -2.34. The third-order valence-corrected chi connectivity index (χ3v) is 6.72. The molecule has 1 atom stereocenters. The van der Waals surface area contributed by atoms with E-state index < -0.39 is 15.2 Å². The molecular weight excluding hydrogens is 310 g/mol. The van der Waals surface area contributed by atoms with E-state index in [1.165, 1.54) is 4.90 Å². The quantitative estimate of drug-likeness (QED) is 0.890. The summed E-state index contributed by atoms with van der Waals surface area (Å²) in [5, 5.41) is 2.18. The maximum atomic E-state index is 12.5. The van der Waals surface area contributed by atoms with Crippen LogP contribution in [0, 0.1) is 0 Å². The number of hydrogen-bond acceptors (Lipinski definition) is 6. The molecule has 0 saturated carbocycles. The Morgan fingerprint density at radius 2 is 2.29 bits per heavy atom. The number of hydrogen-bond donors (Lipinski definition) is 1. The van der Waals surface area contributed by atoms with Gasteiger partial charge in [-0.05, 0) is 12.1 Å². The lowest BCUT2D eigenvalue weighted by atomic mass is 10.3. The van der Waals surface area contributed by atoms with Gasteiger partial charge in [0.05, 0.1) is 11.9 Å². The van der Waals surface area contributed by atoms with Crippen LogP contribution in [0.3, 0.4) is 0 Å². The first kappa shape index (κ1) is 16.1. The molecule has 0 bridgehead atoms. The average molecular weight is 329 g/mol. The molecule has 116 valence electrons. The van der Waals surface area contributed by atoms with Gasteiger partial charge in [-0.15, -0.1) is 0 Å². The van der Waals surface area contributed by atoms with Crippen molar-refractivity contribution in [1.29, 1.82) is 0 Å². The van der Waals surface area contributed by atoms with Crippen molar-refractivity contribution in [1.82, 2.24) is 9.88 Å². The van der Waals surface area contributed by atoms with Crippen LogP contribution in [0.2, 0.25) is 0 Å². The molecule has 1 aromatic heterocycles. The maximum absolute atomic E-state index is 12.5. The zero-order valence-electron chi connectivity index (χ0n) is 12.1. The van der Waals surface area contributed by atoms with Crippen molar-refractivity contribution in [3.05, 3.63) is 24.0 Å². The van der Waals surface area contributed by atoms with E-state index >= 15 is 0 Å². The molecule has 0 radical (unpaired) electrons. The fourth-order valence-corrected chi connectivity index (χ4v) is 5.08. The number of sulfone groups is 1. The normalized spacial score (nSPS) is 19.3. The standard InChI is InChI=1S/C13H19N3O3S2/c1-3-21(18,19)12-9-20-7-6-16(12)13(17)11-5-4-10(14-2)8-15-11/h4-5,8,12,14H,3,6-7,9H2,1-2H3. The number of pyridine rings is 1. The van der Waals surface area contributed by atoms with E-state index in [0.29, 0.717) is 12.3 Å². The minimum Gasteiger partial charge on any atom is -0.387 e. The van der Waals surface area contributed by atoms with E-state index in [9.17, 15) is 13.2 Å². The summed E-state index contributed by atoms with van der Waals surface area (Å²) in [4.78, 5) is 18.1. The van der Waals surface area contributed by atoms with Crippen molar-refractivity contribution in [3.8, 4) is 0 Å². The minimum absolute atomic E-state index is 0.0358. The maximum Gasteiger partial charge on any atom is 0.273 e. The largest absolute Gasteiger partial charge is 0.387 e. The van der Waals surface area contributed by atoms with Crippen LogP contribution in [-0.2, 0) is 9.84 Å². The number of nitrogens with one attached hydrogen (secondary N) is 1. The fraction of sp³-hybridized carbons (Fsp3) is 0.538. The second-order valence-corrected chi connectivity index (χ2v) is 8.26. The predicted molar refractivity (Wildman–Crippen MR) is 85.4 cm³/mol. The fourth-order valence-electron chi connectivity index (χ4n) is 2.12. The van der Waals surface area contributed by atoms with Crippen molar-refractivity contribution in [2.45, 2.75) is 12.3 Å². The Morgan fingerprint density at radius 1 is 1.52 bits per heavy atom. The highest BCUT2D eigenvalue weighted by atomic mass is 32.2. The summed E-state index contributed by atoms with van der Waals surface area (Å²) in [6.45, 7) is 2.04. The van der Waals surface area contributed by atoms with Gasteiger partial charge in [-0.2, -0.15) is 11.8 Å². The average Bonchev–Trinajstić information content (AvgIpc) is 2.54. The van der Waals surface area contributed by atoms with Crippen LogP contribution in [0.15, 0.2) is 18.3 Å². The lowest BCUT2D eigenvalue weighted by molar-refractivity contribution is 0.0743. The number of aromatic nitrogens is 1. The molecule has 2 heterocycles. The summed E-state index contributed by atoms with van der Waals surface area (Å²) in [7, 11) is -1.52. The summed E-state index contributed by atoms with van der Waals surface area (Å²) >= 11 is 1.56. The number of nitrogens with zero attached hydrogens (tertiary/aromatic N) is 2. The van der Waals surface area contributed by atoms with Gasteiger partial charge < -0.3 is 10.2 Å². The Balaban J connectivity index is 2.26. The van der Waals surface area contributed by atoms with Crippen molar-refractivity contribution in [2.24, 2.45) is 0 Å². The first-order valence-electron chi connectivity index (χ1n) is 6.73. The molecule has 1 aliphatic rings. The van der Waals surface area contributed by atoms with Gasteiger partial charge in [0, 0.05) is 30.9 Å². The molecule has 1 unspecified atom stereocenters. The molecule has 1 amide bonds. The van der Waals surface area contributed by atoms with Crippen LogP contribution in [0.5, 0.6) is 0 Å². The highest BCUT2D eigenvalue weighted by molar-refractivity contribution is 8.01. The molecule has 1 aliphatic heterocycles. The summed E-state index contributed by atoms with van der Waals surface area (Å²) in [5.41, 5.74) is 1.08. The Hall–Kier alpha value is -1.28. The summed E-state index contributed by atoms with van der Waals surface area (Å²) in [5.74, 6) is 0.890. The van der Waals surface area contributed by atoms with Gasteiger partial charge in [0.1, 0.15) is 11.1 Å². The predicted octanol–water partition coefficient (Wildman–Crippen LogP) is 1.07. The van der Waals surface area contributed by atoms with E-state index in [1.54, 1.807) is 44.1 Å². The molecule has 21 heavy (non-hydrogen) atoms. The van der Waals surface area contributed by atoms with E-state index in [1.807, 2.05) is 0 Å². The zero-order chi connectivity index (χ0) is 15.5. The smallest absolute Gasteiger partial charge is 0.273 e. The zero-order valence-corrected chi connectivity index (χ0v) is 13.7. The molecule has 1 saturated heterocycles. The monoisotopic (exact) mass is 329 g/mol. The van der Waals surface area contributed by atoms with E-state index in [-0.39, 0.29) is 17.4 Å². The number of anilines is 1. The molecule has 0 spiro atoms. The third-order valence-electron chi connectivity index (χ3n) is 3.43. The van der Waals surface area contributed by atoms with Crippen LogP contribution in [0.4, 0.5) is 5.69 Å². The number of carbonyl (C=O) groups is 1. The van der Waals surface area contributed by atoms with Gasteiger partial charge in [-0.25, -0.2) is 13.4 Å². The van der Waals surface area contributed by atoms with Crippen LogP contribution >= 0.6 is 11.8 Å². The summed E-state index contributed by atoms with van der Waals surface area (Å²) in [6.07, 6.45) is 1.56. The Labute approximate surface area is 129 Å². The summed E-state index contributed by atoms with van der Waals surface area (Å²) < 4.78 is 24.3. The molecule has 6 nitrogen and oxygen atoms in total. The van der Waals surface area contributed by atoms with Crippen LogP contribution in [-0.4, -0.2) is 60.4 Å². The molecule has 2 rings (SSSR count). The molecule has 0 aliphatic carbocycles. The Morgan fingerprint density at radius 3 is 2.86 bits per heavy atom. The molecule has 8 heteroatoms. The summed E-state index contributed by atoms with van der Waals surface area (Å²) in [6, 6.07) is 3.37. The van der Waals surface area contributed by atoms with Crippen molar-refractivity contribution in [2.75, 3.05) is 36.2 Å². The molecule has 1 N–H and O–H groups in total. The van der Waals surface area contributed by atoms with Crippen LogP contribution in [0.25, 0.3) is 0 Å². The molecule has 1 aromatic rings. The van der Waals surface area contributed by atoms with Crippen molar-refractivity contribution in [3.63, 3.8) is 0 Å². The Kier molecular flexibility index (Phi) is 5.10. The Bertz CT molecular complexity index is 602. The highest BCUT2D eigenvalue weighted by Crippen LogP contribution is 2.23. The minimum atomic E-state index is -3.29. The lowest BCUT2D eigenvalue weighted by Crippen LogP contribution is -2.50. The number of thioether (sulfide) groups is 1. The SMILES string of the molecule is CCS(=O)(=O)C1CSCCN1C(=O)c1ccc(NC)cn1. The molecular formula is C13H19N3O3S2. The first-order valence-corrected chi connectivity index (χ1v) is 9.60. The van der Waals surface area contributed by atoms with Gasteiger partial charge in [-0.1, -0.05) is 6.92 Å². The van der Waals surface area contributed by atoms with E-state index in [0.717, 1.165) is 11.4 Å². The third kappa shape index (κ3) is 3.49. The second kappa shape index (κ2) is 6.65. The van der Waals surface area contributed by atoms with E-state index in [4.69, 9.17) is 0 Å². The van der Waals surface area contributed by atoms with Gasteiger partial charge >= 0.3 is 0 Å². The second-order valence-electron chi connectivity index (χ2n) is 4.66. The van der Waals surface area contributed by atoms with Crippen LogP contribution < -0.4 is 5.32 Å². The molecule has 0 aromatic carbocycles. The number of carbonyl (C=O) groups excluding carboxylic acids is 1. The van der Waals surface area contributed by atoms with Crippen molar-refractivity contribution >= 4 is 33.2 Å². The van der Waals surface area contributed by atoms with Gasteiger partial charge in [0.15, 0.2) is 9.84 Å². The van der Waals surface area contributed by atoms with Gasteiger partial charge in [-0.3, -0.25) is 4.79 Å². The number of rotatable bonds is 4. The number of amides is 1. The van der Waals surface area contributed by atoms with Gasteiger partial charge in [0.25, 0.3) is 5.91 Å². The van der Waals surface area contributed by atoms with Crippen LogP contribution in [0.1, 0.15) is 17.4 Å². The first-order chi connectivity index (χ1) is 9.99. The van der Waals surface area contributed by atoms with Crippen molar-refractivity contribution < 1.29 is 13.2 Å². The topological polar surface area (TPSA) is 79.4 Å².